The third-order valence-corrected chi connectivity index (χ3v) is 5.35. The lowest BCUT2D eigenvalue weighted by atomic mass is 9.70. The summed E-state index contributed by atoms with van der Waals surface area (Å²) >= 11 is 0. The molecule has 1 fully saturated rings. The molecular formula is C18H29NO. The highest BCUT2D eigenvalue weighted by Crippen LogP contribution is 2.44. The average molecular weight is 275 g/mol. The predicted octanol–water partition coefficient (Wildman–Crippen LogP) is 3.85. The molecular weight excluding hydrogens is 246 g/mol. The molecule has 1 aromatic carbocycles. The van der Waals surface area contributed by atoms with Crippen LogP contribution in [0.3, 0.4) is 0 Å². The van der Waals surface area contributed by atoms with Crippen molar-refractivity contribution in [2.45, 2.75) is 58.1 Å². The fraction of sp³-hybridized carbons (Fsp3) is 0.667. The second-order valence-electron chi connectivity index (χ2n) is 6.89. The summed E-state index contributed by atoms with van der Waals surface area (Å²) in [7, 11) is 4.23. The van der Waals surface area contributed by atoms with Crippen LogP contribution in [0.5, 0.6) is 0 Å². The van der Waals surface area contributed by atoms with Gasteiger partial charge in [0.1, 0.15) is 0 Å². The van der Waals surface area contributed by atoms with Gasteiger partial charge in [0, 0.05) is 0 Å². The zero-order valence-corrected chi connectivity index (χ0v) is 13.6. The second-order valence-corrected chi connectivity index (χ2v) is 6.89. The molecule has 0 bridgehead atoms. The Labute approximate surface area is 123 Å². The number of hydrogen-bond donors (Lipinski definition) is 1. The van der Waals surface area contributed by atoms with Crippen molar-refractivity contribution in [2.75, 3.05) is 14.1 Å². The molecule has 1 aliphatic rings. The van der Waals surface area contributed by atoms with E-state index in [4.69, 9.17) is 0 Å². The van der Waals surface area contributed by atoms with Gasteiger partial charge in [-0.1, -0.05) is 38.0 Å². The summed E-state index contributed by atoms with van der Waals surface area (Å²) in [5.41, 5.74) is 3.49. The summed E-state index contributed by atoms with van der Waals surface area (Å²) < 4.78 is 0. The van der Waals surface area contributed by atoms with Crippen molar-refractivity contribution in [1.82, 2.24) is 4.90 Å². The third kappa shape index (κ3) is 2.64. The lowest BCUT2D eigenvalue weighted by molar-refractivity contribution is -0.0453. The van der Waals surface area contributed by atoms with Gasteiger partial charge in [0.05, 0.1) is 11.6 Å². The Balaban J connectivity index is 2.41. The minimum Gasteiger partial charge on any atom is -0.386 e. The summed E-state index contributed by atoms with van der Waals surface area (Å²) in [6.07, 6.45) is 4.25. The number of rotatable bonds is 3. The van der Waals surface area contributed by atoms with Crippen LogP contribution in [0.15, 0.2) is 18.2 Å². The lowest BCUT2D eigenvalue weighted by Gasteiger charge is -2.48. The highest BCUT2D eigenvalue weighted by atomic mass is 16.3. The maximum atomic E-state index is 11.1. The topological polar surface area (TPSA) is 23.5 Å². The van der Waals surface area contributed by atoms with Gasteiger partial charge in [-0.15, -0.1) is 0 Å². The van der Waals surface area contributed by atoms with E-state index in [2.05, 4.69) is 58.0 Å². The van der Waals surface area contributed by atoms with Gasteiger partial charge in [-0.25, -0.2) is 0 Å². The fourth-order valence-electron chi connectivity index (χ4n) is 3.82. The number of aliphatic hydroxyl groups is 1. The first-order valence-corrected chi connectivity index (χ1v) is 7.80. The Morgan fingerprint density at radius 1 is 1.30 bits per heavy atom. The zero-order valence-electron chi connectivity index (χ0n) is 13.6. The average Bonchev–Trinajstić information content (AvgIpc) is 2.40. The molecule has 1 saturated carbocycles. The summed E-state index contributed by atoms with van der Waals surface area (Å²) in [5.74, 6) is 0.686. The number of nitrogens with zero attached hydrogens (tertiary/aromatic N) is 1. The van der Waals surface area contributed by atoms with Crippen LogP contribution in [0.1, 0.15) is 55.4 Å². The van der Waals surface area contributed by atoms with E-state index in [-0.39, 0.29) is 5.54 Å². The van der Waals surface area contributed by atoms with Gasteiger partial charge < -0.3 is 10.0 Å². The molecule has 3 unspecified atom stereocenters. The smallest absolute Gasteiger partial charge is 0.0976 e. The van der Waals surface area contributed by atoms with Crippen molar-refractivity contribution < 1.29 is 5.11 Å². The molecule has 0 saturated heterocycles. The highest BCUT2D eigenvalue weighted by molar-refractivity contribution is 5.36. The Kier molecular flexibility index (Phi) is 4.55. The van der Waals surface area contributed by atoms with Crippen molar-refractivity contribution in [1.29, 1.82) is 0 Å². The van der Waals surface area contributed by atoms with E-state index in [0.29, 0.717) is 5.92 Å². The first kappa shape index (κ1) is 15.5. The van der Waals surface area contributed by atoms with Crippen LogP contribution in [0, 0.1) is 19.8 Å². The van der Waals surface area contributed by atoms with Crippen LogP contribution >= 0.6 is 0 Å². The SMILES string of the molecule is Cc1cccc(C(O)C2(N(C)C)CCCC(C)C2)c1C. The molecule has 0 spiro atoms. The van der Waals surface area contributed by atoms with Gasteiger partial charge in [0.2, 0.25) is 0 Å². The Hall–Kier alpha value is -0.860. The molecule has 112 valence electrons. The van der Waals surface area contributed by atoms with Crippen molar-refractivity contribution in [3.63, 3.8) is 0 Å². The van der Waals surface area contributed by atoms with Gasteiger partial charge in [-0.2, -0.15) is 0 Å². The summed E-state index contributed by atoms with van der Waals surface area (Å²) in [5, 5.41) is 11.1. The molecule has 2 rings (SSSR count). The van der Waals surface area contributed by atoms with Crippen LogP contribution in [0.2, 0.25) is 0 Å². The van der Waals surface area contributed by atoms with Crippen LogP contribution in [-0.2, 0) is 0 Å². The van der Waals surface area contributed by atoms with Gasteiger partial charge >= 0.3 is 0 Å². The van der Waals surface area contributed by atoms with E-state index < -0.39 is 6.10 Å². The van der Waals surface area contributed by atoms with E-state index in [9.17, 15) is 5.11 Å². The number of aliphatic hydroxyl groups excluding tert-OH is 1. The summed E-state index contributed by atoms with van der Waals surface area (Å²) in [4.78, 5) is 2.26. The number of hydrogen-bond acceptors (Lipinski definition) is 2. The standard InChI is InChI=1S/C18H29NO/c1-13-8-7-11-18(12-13,19(4)5)17(20)16-10-6-9-14(2)15(16)3/h6,9-10,13,17,20H,7-8,11-12H2,1-5H3. The normalized spacial score (nSPS) is 28.6. The molecule has 1 aromatic rings. The minimum atomic E-state index is -0.403. The van der Waals surface area contributed by atoms with Crippen LogP contribution in [0.25, 0.3) is 0 Å². The maximum Gasteiger partial charge on any atom is 0.0976 e. The third-order valence-electron chi connectivity index (χ3n) is 5.35. The molecule has 2 nitrogen and oxygen atoms in total. The van der Waals surface area contributed by atoms with Crippen LogP contribution < -0.4 is 0 Å². The maximum absolute atomic E-state index is 11.1. The van der Waals surface area contributed by atoms with Gasteiger partial charge in [0.15, 0.2) is 0 Å². The van der Waals surface area contributed by atoms with Crippen molar-refractivity contribution in [3.8, 4) is 0 Å². The molecule has 3 atom stereocenters. The molecule has 20 heavy (non-hydrogen) atoms. The Morgan fingerprint density at radius 2 is 2.00 bits per heavy atom. The molecule has 1 N–H and O–H groups in total. The Bertz CT molecular complexity index is 468. The lowest BCUT2D eigenvalue weighted by Crippen LogP contribution is -2.52. The molecule has 0 radical (unpaired) electrons. The molecule has 2 heteroatoms. The molecule has 0 amide bonds. The van der Waals surface area contributed by atoms with E-state index in [1.54, 1.807) is 0 Å². The number of benzene rings is 1. The number of aryl methyl sites for hydroxylation is 1. The Morgan fingerprint density at radius 3 is 2.60 bits per heavy atom. The minimum absolute atomic E-state index is 0.115. The number of likely N-dealkylation sites (N-methyl/N-ethyl adjacent to an activating group) is 1. The van der Waals surface area contributed by atoms with Gasteiger partial charge in [-0.3, -0.25) is 0 Å². The molecule has 0 aliphatic heterocycles. The molecule has 0 aromatic heterocycles. The monoisotopic (exact) mass is 275 g/mol. The van der Waals surface area contributed by atoms with E-state index >= 15 is 0 Å². The van der Waals surface area contributed by atoms with Gasteiger partial charge in [-0.05, 0) is 63.4 Å². The largest absolute Gasteiger partial charge is 0.386 e. The second kappa shape index (κ2) is 5.87. The van der Waals surface area contributed by atoms with E-state index in [1.807, 2.05) is 0 Å². The predicted molar refractivity (Wildman–Crippen MR) is 84.9 cm³/mol. The van der Waals surface area contributed by atoms with E-state index in [0.717, 1.165) is 18.4 Å². The molecule has 0 heterocycles. The first-order valence-electron chi connectivity index (χ1n) is 7.80. The highest BCUT2D eigenvalue weighted by Gasteiger charge is 2.44. The first-order chi connectivity index (χ1) is 9.38. The quantitative estimate of drug-likeness (QED) is 0.906. The fourth-order valence-corrected chi connectivity index (χ4v) is 3.82. The summed E-state index contributed by atoms with van der Waals surface area (Å²) in [6, 6.07) is 6.28. The van der Waals surface area contributed by atoms with Crippen molar-refractivity contribution in [3.05, 3.63) is 34.9 Å². The van der Waals surface area contributed by atoms with Crippen LogP contribution in [0.4, 0.5) is 0 Å². The van der Waals surface area contributed by atoms with Crippen molar-refractivity contribution >= 4 is 0 Å². The van der Waals surface area contributed by atoms with Crippen LogP contribution in [-0.4, -0.2) is 29.6 Å². The molecule has 1 aliphatic carbocycles. The zero-order chi connectivity index (χ0) is 14.9. The van der Waals surface area contributed by atoms with Gasteiger partial charge in [0.25, 0.3) is 0 Å². The van der Waals surface area contributed by atoms with Crippen molar-refractivity contribution in [2.24, 2.45) is 5.92 Å². The van der Waals surface area contributed by atoms with E-state index in [1.165, 1.54) is 24.0 Å². The summed E-state index contributed by atoms with van der Waals surface area (Å²) in [6.45, 7) is 6.56.